The van der Waals surface area contributed by atoms with Crippen LogP contribution in [-0.2, 0) is 5.60 Å². The lowest BCUT2D eigenvalue weighted by Gasteiger charge is -2.22. The molecule has 0 aliphatic heterocycles. The van der Waals surface area contributed by atoms with Gasteiger partial charge in [-0.15, -0.1) is 0 Å². The van der Waals surface area contributed by atoms with E-state index in [1.54, 1.807) is 21.0 Å². The van der Waals surface area contributed by atoms with Crippen molar-refractivity contribution in [2.45, 2.75) is 19.4 Å². The molecule has 1 heterocycles. The summed E-state index contributed by atoms with van der Waals surface area (Å²) in [5, 5.41) is 11.3. The van der Waals surface area contributed by atoms with E-state index in [4.69, 9.17) is 9.47 Å². The Bertz CT molecular complexity index is 885. The topological polar surface area (TPSA) is 64.5 Å². The SMILES string of the molecule is COc1nc(OC)c2cccc(-c3ccccc3C(C)(C)O)c2n1. The Kier molecular flexibility index (Phi) is 4.11. The van der Waals surface area contributed by atoms with Crippen LogP contribution in [0.1, 0.15) is 19.4 Å². The largest absolute Gasteiger partial charge is 0.480 e. The summed E-state index contributed by atoms with van der Waals surface area (Å²) in [5.41, 5.74) is 2.38. The molecule has 0 atom stereocenters. The molecule has 124 valence electrons. The second-order valence-corrected chi connectivity index (χ2v) is 6.03. The van der Waals surface area contributed by atoms with Gasteiger partial charge in [0.05, 0.1) is 30.7 Å². The number of nitrogens with zero attached hydrogens (tertiary/aromatic N) is 2. The number of aliphatic hydroxyl groups is 1. The van der Waals surface area contributed by atoms with Gasteiger partial charge in [-0.2, -0.15) is 9.97 Å². The lowest BCUT2D eigenvalue weighted by molar-refractivity contribution is 0.0792. The van der Waals surface area contributed by atoms with E-state index < -0.39 is 5.60 Å². The Morgan fingerprint density at radius 2 is 1.58 bits per heavy atom. The minimum absolute atomic E-state index is 0.243. The van der Waals surface area contributed by atoms with Crippen molar-refractivity contribution < 1.29 is 14.6 Å². The normalized spacial score (nSPS) is 11.5. The maximum Gasteiger partial charge on any atom is 0.320 e. The Balaban J connectivity index is 2.36. The Morgan fingerprint density at radius 3 is 2.25 bits per heavy atom. The van der Waals surface area contributed by atoms with E-state index in [9.17, 15) is 5.11 Å². The van der Waals surface area contributed by atoms with Crippen molar-refractivity contribution in [2.75, 3.05) is 14.2 Å². The fraction of sp³-hybridized carbons (Fsp3) is 0.263. The van der Waals surface area contributed by atoms with Crippen molar-refractivity contribution in [3.8, 4) is 23.0 Å². The highest BCUT2D eigenvalue weighted by Crippen LogP contribution is 2.37. The second kappa shape index (κ2) is 6.09. The third-order valence-electron chi connectivity index (χ3n) is 3.92. The van der Waals surface area contributed by atoms with E-state index >= 15 is 0 Å². The van der Waals surface area contributed by atoms with E-state index in [-0.39, 0.29) is 6.01 Å². The summed E-state index contributed by atoms with van der Waals surface area (Å²) in [4.78, 5) is 8.75. The quantitative estimate of drug-likeness (QED) is 0.795. The van der Waals surface area contributed by atoms with E-state index in [0.717, 1.165) is 27.6 Å². The van der Waals surface area contributed by atoms with Crippen molar-refractivity contribution in [3.63, 3.8) is 0 Å². The standard InChI is InChI=1S/C19H20N2O3/c1-19(2,22)15-11-6-5-8-12(15)13-9-7-10-14-16(13)20-18(24-4)21-17(14)23-3/h5-11,22H,1-4H3. The summed E-state index contributed by atoms with van der Waals surface area (Å²) in [6.07, 6.45) is 0. The molecule has 0 unspecified atom stereocenters. The number of benzene rings is 2. The minimum Gasteiger partial charge on any atom is -0.480 e. The van der Waals surface area contributed by atoms with Crippen molar-refractivity contribution >= 4 is 10.9 Å². The van der Waals surface area contributed by atoms with Crippen LogP contribution in [0.3, 0.4) is 0 Å². The van der Waals surface area contributed by atoms with Crippen molar-refractivity contribution in [1.29, 1.82) is 0 Å². The van der Waals surface area contributed by atoms with Crippen molar-refractivity contribution in [3.05, 3.63) is 48.0 Å². The molecule has 5 nitrogen and oxygen atoms in total. The van der Waals surface area contributed by atoms with Crippen LogP contribution in [0.2, 0.25) is 0 Å². The number of rotatable bonds is 4. The first-order valence-electron chi connectivity index (χ1n) is 7.66. The Morgan fingerprint density at radius 1 is 0.875 bits per heavy atom. The predicted octanol–water partition coefficient (Wildman–Crippen LogP) is 3.54. The summed E-state index contributed by atoms with van der Waals surface area (Å²) < 4.78 is 10.6. The maximum absolute atomic E-state index is 10.5. The highest BCUT2D eigenvalue weighted by atomic mass is 16.5. The molecule has 1 N–H and O–H groups in total. The number of ether oxygens (including phenoxy) is 2. The van der Waals surface area contributed by atoms with Crippen LogP contribution >= 0.6 is 0 Å². The van der Waals surface area contributed by atoms with Crippen LogP contribution in [0.15, 0.2) is 42.5 Å². The third-order valence-corrected chi connectivity index (χ3v) is 3.92. The van der Waals surface area contributed by atoms with Crippen molar-refractivity contribution in [1.82, 2.24) is 9.97 Å². The van der Waals surface area contributed by atoms with Gasteiger partial charge >= 0.3 is 6.01 Å². The van der Waals surface area contributed by atoms with Crippen LogP contribution in [0, 0.1) is 0 Å². The first-order chi connectivity index (χ1) is 11.5. The molecule has 0 aliphatic carbocycles. The molecule has 1 aromatic heterocycles. The van der Waals surface area contributed by atoms with E-state index in [2.05, 4.69) is 9.97 Å². The number of hydrogen-bond donors (Lipinski definition) is 1. The van der Waals surface area contributed by atoms with Crippen LogP contribution in [0.5, 0.6) is 11.9 Å². The molecule has 24 heavy (non-hydrogen) atoms. The zero-order valence-electron chi connectivity index (χ0n) is 14.2. The fourth-order valence-electron chi connectivity index (χ4n) is 2.82. The summed E-state index contributed by atoms with van der Waals surface area (Å²) in [6, 6.07) is 13.8. The molecular weight excluding hydrogens is 304 g/mol. The van der Waals surface area contributed by atoms with E-state index in [1.165, 1.54) is 7.11 Å². The first kappa shape index (κ1) is 16.2. The predicted molar refractivity (Wildman–Crippen MR) is 93.3 cm³/mol. The van der Waals surface area contributed by atoms with Crippen LogP contribution < -0.4 is 9.47 Å². The molecule has 0 spiro atoms. The molecular formula is C19H20N2O3. The highest BCUT2D eigenvalue weighted by Gasteiger charge is 2.22. The molecule has 0 fully saturated rings. The van der Waals surface area contributed by atoms with Crippen LogP contribution in [0.25, 0.3) is 22.0 Å². The minimum atomic E-state index is -0.972. The van der Waals surface area contributed by atoms with Gasteiger partial charge in [0.25, 0.3) is 0 Å². The highest BCUT2D eigenvalue weighted by molar-refractivity contribution is 5.97. The van der Waals surface area contributed by atoms with Crippen LogP contribution in [-0.4, -0.2) is 29.3 Å². The Hall–Kier alpha value is -2.66. The zero-order chi connectivity index (χ0) is 17.3. The van der Waals surface area contributed by atoms with Gasteiger partial charge < -0.3 is 14.6 Å². The van der Waals surface area contributed by atoms with Crippen LogP contribution in [0.4, 0.5) is 0 Å². The fourth-order valence-corrected chi connectivity index (χ4v) is 2.82. The van der Waals surface area contributed by atoms with E-state index in [0.29, 0.717) is 5.88 Å². The summed E-state index contributed by atoms with van der Waals surface area (Å²) in [6.45, 7) is 3.54. The molecule has 2 aromatic carbocycles. The summed E-state index contributed by atoms with van der Waals surface area (Å²) in [5.74, 6) is 0.458. The van der Waals surface area contributed by atoms with Gasteiger partial charge in [-0.25, -0.2) is 0 Å². The molecule has 5 heteroatoms. The second-order valence-electron chi connectivity index (χ2n) is 6.03. The third kappa shape index (κ3) is 2.78. The van der Waals surface area contributed by atoms with Gasteiger partial charge in [0.2, 0.25) is 5.88 Å². The van der Waals surface area contributed by atoms with Gasteiger partial charge in [-0.1, -0.05) is 36.4 Å². The number of methoxy groups -OCH3 is 2. The van der Waals surface area contributed by atoms with Gasteiger partial charge in [0.15, 0.2) is 0 Å². The van der Waals surface area contributed by atoms with E-state index in [1.807, 2.05) is 42.5 Å². The molecule has 0 saturated carbocycles. The molecule has 0 saturated heterocycles. The zero-order valence-corrected chi connectivity index (χ0v) is 14.2. The first-order valence-corrected chi connectivity index (χ1v) is 7.66. The summed E-state index contributed by atoms with van der Waals surface area (Å²) in [7, 11) is 3.09. The number of aromatic nitrogens is 2. The summed E-state index contributed by atoms with van der Waals surface area (Å²) >= 11 is 0. The average Bonchev–Trinajstić information content (AvgIpc) is 2.59. The maximum atomic E-state index is 10.5. The molecule has 3 rings (SSSR count). The average molecular weight is 324 g/mol. The molecule has 0 amide bonds. The smallest absolute Gasteiger partial charge is 0.320 e. The molecule has 0 aliphatic rings. The molecule has 0 radical (unpaired) electrons. The van der Waals surface area contributed by atoms with Gasteiger partial charge in [-0.05, 0) is 31.0 Å². The lowest BCUT2D eigenvalue weighted by atomic mass is 9.89. The Labute approximate surface area is 140 Å². The molecule has 0 bridgehead atoms. The van der Waals surface area contributed by atoms with Crippen molar-refractivity contribution in [2.24, 2.45) is 0 Å². The number of hydrogen-bond acceptors (Lipinski definition) is 5. The van der Waals surface area contributed by atoms with Gasteiger partial charge in [0.1, 0.15) is 0 Å². The number of fused-ring (bicyclic) bond motifs is 1. The molecule has 3 aromatic rings. The van der Waals surface area contributed by atoms with Gasteiger partial charge in [-0.3, -0.25) is 0 Å². The number of para-hydroxylation sites is 1. The van der Waals surface area contributed by atoms with Gasteiger partial charge in [0, 0.05) is 5.56 Å². The monoisotopic (exact) mass is 324 g/mol. The lowest BCUT2D eigenvalue weighted by Crippen LogP contribution is -2.16.